The fourth-order valence-electron chi connectivity index (χ4n) is 2.60. The van der Waals surface area contributed by atoms with E-state index in [2.05, 4.69) is 6.92 Å². The van der Waals surface area contributed by atoms with Gasteiger partial charge in [0.05, 0.1) is 12.0 Å². The second-order valence-electron chi connectivity index (χ2n) is 6.46. The standard InChI is InChI=1S/C19H37ClO3/c1-2-3-4-5-6-7-8-9-10-11-12-13-14-15-19(22)23-17-18(20)16-21/h18,21H,2-17H2,1H3/t18-/m0/s1. The van der Waals surface area contributed by atoms with Crippen LogP contribution in [0.5, 0.6) is 0 Å². The summed E-state index contributed by atoms with van der Waals surface area (Å²) in [5.74, 6) is -0.202. The highest BCUT2D eigenvalue weighted by atomic mass is 35.5. The number of unbranched alkanes of at least 4 members (excludes halogenated alkanes) is 12. The molecule has 0 radical (unpaired) electrons. The molecule has 3 nitrogen and oxygen atoms in total. The first kappa shape index (κ1) is 22.7. The number of esters is 1. The van der Waals surface area contributed by atoms with E-state index in [1.54, 1.807) is 0 Å². The molecule has 4 heteroatoms. The van der Waals surface area contributed by atoms with Crippen LogP contribution in [-0.4, -0.2) is 29.7 Å². The maximum Gasteiger partial charge on any atom is 0.305 e. The molecule has 0 aromatic carbocycles. The molecule has 1 atom stereocenters. The van der Waals surface area contributed by atoms with Gasteiger partial charge in [-0.05, 0) is 6.42 Å². The van der Waals surface area contributed by atoms with Crippen LogP contribution in [0.2, 0.25) is 0 Å². The summed E-state index contributed by atoms with van der Waals surface area (Å²) in [5, 5.41) is 8.24. The Morgan fingerprint density at radius 3 is 1.74 bits per heavy atom. The van der Waals surface area contributed by atoms with Crippen molar-refractivity contribution in [3.63, 3.8) is 0 Å². The van der Waals surface area contributed by atoms with Gasteiger partial charge in [-0.1, -0.05) is 84.0 Å². The van der Waals surface area contributed by atoms with Gasteiger partial charge in [-0.3, -0.25) is 4.79 Å². The number of halogens is 1. The molecule has 0 amide bonds. The Hall–Kier alpha value is -0.280. The molecular weight excluding hydrogens is 312 g/mol. The van der Waals surface area contributed by atoms with Crippen molar-refractivity contribution < 1.29 is 14.6 Å². The van der Waals surface area contributed by atoms with Gasteiger partial charge in [0.25, 0.3) is 0 Å². The summed E-state index contributed by atoms with van der Waals surface area (Å²) in [4.78, 5) is 11.4. The maximum absolute atomic E-state index is 11.4. The molecule has 0 bridgehead atoms. The quantitative estimate of drug-likeness (QED) is 0.211. The zero-order valence-corrected chi connectivity index (χ0v) is 15.8. The predicted molar refractivity (Wildman–Crippen MR) is 98.0 cm³/mol. The molecule has 1 N–H and O–H groups in total. The Balaban J connectivity index is 3.14. The first-order valence-electron chi connectivity index (χ1n) is 9.61. The minimum Gasteiger partial charge on any atom is -0.464 e. The molecule has 0 rings (SSSR count). The van der Waals surface area contributed by atoms with E-state index in [1.165, 1.54) is 70.6 Å². The lowest BCUT2D eigenvalue weighted by Crippen LogP contribution is -2.16. The minimum atomic E-state index is -0.481. The Labute approximate surface area is 148 Å². The van der Waals surface area contributed by atoms with E-state index in [0.29, 0.717) is 6.42 Å². The number of ether oxygens (including phenoxy) is 1. The lowest BCUT2D eigenvalue weighted by Gasteiger charge is -2.07. The monoisotopic (exact) mass is 348 g/mol. The minimum absolute atomic E-state index is 0.106. The largest absolute Gasteiger partial charge is 0.464 e. The van der Waals surface area contributed by atoms with Crippen LogP contribution in [-0.2, 0) is 9.53 Å². The zero-order chi connectivity index (χ0) is 17.2. The number of hydrogen-bond donors (Lipinski definition) is 1. The van der Waals surface area contributed by atoms with Crippen LogP contribution in [0.15, 0.2) is 0 Å². The first-order valence-corrected chi connectivity index (χ1v) is 10.0. The summed E-state index contributed by atoms with van der Waals surface area (Å²) in [6.07, 6.45) is 17.3. The van der Waals surface area contributed by atoms with Gasteiger partial charge in [-0.2, -0.15) is 0 Å². The smallest absolute Gasteiger partial charge is 0.305 e. The highest BCUT2D eigenvalue weighted by Crippen LogP contribution is 2.13. The van der Waals surface area contributed by atoms with Crippen LogP contribution in [0.25, 0.3) is 0 Å². The molecule has 0 aliphatic heterocycles. The van der Waals surface area contributed by atoms with E-state index < -0.39 is 5.38 Å². The summed E-state index contributed by atoms with van der Waals surface area (Å²) in [6, 6.07) is 0. The van der Waals surface area contributed by atoms with Crippen molar-refractivity contribution in [1.82, 2.24) is 0 Å². The third kappa shape index (κ3) is 17.9. The highest BCUT2D eigenvalue weighted by Gasteiger charge is 2.07. The molecule has 0 aliphatic carbocycles. The third-order valence-corrected chi connectivity index (χ3v) is 4.37. The second kappa shape index (κ2) is 18.1. The van der Waals surface area contributed by atoms with Crippen LogP contribution in [0.4, 0.5) is 0 Å². The zero-order valence-electron chi connectivity index (χ0n) is 15.0. The van der Waals surface area contributed by atoms with Gasteiger partial charge in [-0.15, -0.1) is 11.6 Å². The molecule has 23 heavy (non-hydrogen) atoms. The normalized spacial score (nSPS) is 12.3. The lowest BCUT2D eigenvalue weighted by molar-refractivity contribution is -0.143. The fraction of sp³-hybridized carbons (Fsp3) is 0.947. The van der Waals surface area contributed by atoms with Gasteiger partial charge in [0, 0.05) is 6.42 Å². The van der Waals surface area contributed by atoms with E-state index >= 15 is 0 Å². The molecule has 0 saturated heterocycles. The van der Waals surface area contributed by atoms with Gasteiger partial charge in [-0.25, -0.2) is 0 Å². The number of carbonyl (C=O) groups excluding carboxylic acids is 1. The van der Waals surface area contributed by atoms with Crippen molar-refractivity contribution in [3.8, 4) is 0 Å². The van der Waals surface area contributed by atoms with Crippen molar-refractivity contribution >= 4 is 17.6 Å². The lowest BCUT2D eigenvalue weighted by atomic mass is 10.0. The van der Waals surface area contributed by atoms with Crippen molar-refractivity contribution in [1.29, 1.82) is 0 Å². The first-order chi connectivity index (χ1) is 11.2. The Morgan fingerprint density at radius 2 is 1.30 bits per heavy atom. The summed E-state index contributed by atoms with van der Waals surface area (Å²) in [7, 11) is 0. The van der Waals surface area contributed by atoms with Crippen molar-refractivity contribution in [2.45, 2.75) is 102 Å². The average molecular weight is 349 g/mol. The van der Waals surface area contributed by atoms with Crippen LogP contribution < -0.4 is 0 Å². The predicted octanol–water partition coefficient (Wildman–Crippen LogP) is 5.61. The number of carbonyl (C=O) groups is 1. The number of rotatable bonds is 17. The number of alkyl halides is 1. The molecule has 0 heterocycles. The molecule has 138 valence electrons. The van der Waals surface area contributed by atoms with E-state index in [4.69, 9.17) is 21.4 Å². The topological polar surface area (TPSA) is 46.5 Å². The Morgan fingerprint density at radius 1 is 0.870 bits per heavy atom. The van der Waals surface area contributed by atoms with Gasteiger partial charge >= 0.3 is 5.97 Å². The number of hydrogen-bond acceptors (Lipinski definition) is 3. The fourth-order valence-corrected chi connectivity index (χ4v) is 2.66. The molecule has 0 aliphatic rings. The summed E-state index contributed by atoms with van der Waals surface area (Å²) < 4.78 is 4.97. The van der Waals surface area contributed by atoms with Gasteiger partial charge in [0.15, 0.2) is 0 Å². The van der Waals surface area contributed by atoms with Crippen LogP contribution in [0.3, 0.4) is 0 Å². The molecule has 0 unspecified atom stereocenters. The molecule has 0 aromatic heterocycles. The molecule has 0 saturated carbocycles. The number of aliphatic hydroxyl groups is 1. The van der Waals surface area contributed by atoms with E-state index in [1.807, 2.05) is 0 Å². The maximum atomic E-state index is 11.4. The Bertz CT molecular complexity index is 259. The molecule has 0 spiro atoms. The summed E-state index contributed by atoms with van der Waals surface area (Å²) >= 11 is 5.67. The second-order valence-corrected chi connectivity index (χ2v) is 7.07. The summed E-state index contributed by atoms with van der Waals surface area (Å²) in [6.45, 7) is 2.21. The molecule has 0 fully saturated rings. The highest BCUT2D eigenvalue weighted by molar-refractivity contribution is 6.20. The van der Waals surface area contributed by atoms with Crippen molar-refractivity contribution in [3.05, 3.63) is 0 Å². The van der Waals surface area contributed by atoms with Gasteiger partial charge in [0.2, 0.25) is 0 Å². The summed E-state index contributed by atoms with van der Waals surface area (Å²) in [5.41, 5.74) is 0. The Kier molecular flexibility index (Phi) is 17.8. The average Bonchev–Trinajstić information content (AvgIpc) is 2.56. The van der Waals surface area contributed by atoms with Crippen LogP contribution in [0.1, 0.15) is 96.8 Å². The van der Waals surface area contributed by atoms with Gasteiger partial charge in [0.1, 0.15) is 6.61 Å². The molecule has 0 aromatic rings. The van der Waals surface area contributed by atoms with E-state index in [0.717, 1.165) is 12.8 Å². The SMILES string of the molecule is CCCCCCCCCCCCCCCC(=O)OC[C@@H](Cl)CO. The van der Waals surface area contributed by atoms with E-state index in [-0.39, 0.29) is 19.2 Å². The van der Waals surface area contributed by atoms with Crippen LogP contribution in [0, 0.1) is 0 Å². The van der Waals surface area contributed by atoms with Gasteiger partial charge < -0.3 is 9.84 Å². The van der Waals surface area contributed by atoms with Crippen LogP contribution >= 0.6 is 11.6 Å². The van der Waals surface area contributed by atoms with E-state index in [9.17, 15) is 4.79 Å². The van der Waals surface area contributed by atoms with Crippen molar-refractivity contribution in [2.24, 2.45) is 0 Å². The van der Waals surface area contributed by atoms with Crippen molar-refractivity contribution in [2.75, 3.05) is 13.2 Å². The number of aliphatic hydroxyl groups excluding tert-OH is 1. The molecular formula is C19H37ClO3. The third-order valence-electron chi connectivity index (χ3n) is 4.11.